The standard InChI is InChI=1S/C17H13N3O2S/c18-11-12-5-8-16(19)17(9-12)20-23(21,22)15-7-6-13-3-1-2-4-14(13)10-15/h1-10,20H,19H2. The highest BCUT2D eigenvalue weighted by atomic mass is 32.2. The van der Waals surface area contributed by atoms with Gasteiger partial charge in [0, 0.05) is 0 Å². The maximum atomic E-state index is 12.5. The van der Waals surface area contributed by atoms with Crippen molar-refractivity contribution in [3.8, 4) is 6.07 Å². The Labute approximate surface area is 134 Å². The summed E-state index contributed by atoms with van der Waals surface area (Å²) in [6.45, 7) is 0. The molecular formula is C17H13N3O2S. The number of benzene rings is 3. The quantitative estimate of drug-likeness (QED) is 0.724. The van der Waals surface area contributed by atoms with Gasteiger partial charge in [-0.2, -0.15) is 5.26 Å². The van der Waals surface area contributed by atoms with Crippen molar-refractivity contribution in [2.24, 2.45) is 0 Å². The Kier molecular flexibility index (Phi) is 3.64. The van der Waals surface area contributed by atoms with E-state index in [4.69, 9.17) is 11.0 Å². The van der Waals surface area contributed by atoms with Crippen LogP contribution in [-0.2, 0) is 10.0 Å². The number of fused-ring (bicyclic) bond motifs is 1. The van der Waals surface area contributed by atoms with Gasteiger partial charge in [-0.3, -0.25) is 4.72 Å². The van der Waals surface area contributed by atoms with Gasteiger partial charge < -0.3 is 5.73 Å². The highest BCUT2D eigenvalue weighted by Gasteiger charge is 2.16. The van der Waals surface area contributed by atoms with Crippen molar-refractivity contribution < 1.29 is 8.42 Å². The van der Waals surface area contributed by atoms with E-state index in [0.717, 1.165) is 10.8 Å². The molecule has 0 unspecified atom stereocenters. The smallest absolute Gasteiger partial charge is 0.261 e. The third-order valence-corrected chi connectivity index (χ3v) is 4.82. The van der Waals surface area contributed by atoms with Crippen LogP contribution in [0, 0.1) is 11.3 Å². The third kappa shape index (κ3) is 2.96. The zero-order valence-electron chi connectivity index (χ0n) is 12.0. The fourth-order valence-electron chi connectivity index (χ4n) is 2.25. The summed E-state index contributed by atoms with van der Waals surface area (Å²) < 4.78 is 27.5. The van der Waals surface area contributed by atoms with Crippen LogP contribution in [0.1, 0.15) is 5.56 Å². The molecule has 0 radical (unpaired) electrons. The Morgan fingerprint density at radius 2 is 1.70 bits per heavy atom. The molecule has 0 aliphatic heterocycles. The summed E-state index contributed by atoms with van der Waals surface area (Å²) in [5.41, 5.74) is 6.56. The second-order valence-electron chi connectivity index (χ2n) is 5.03. The summed E-state index contributed by atoms with van der Waals surface area (Å²) in [5.74, 6) is 0. The highest BCUT2D eigenvalue weighted by molar-refractivity contribution is 7.92. The van der Waals surface area contributed by atoms with Gasteiger partial charge >= 0.3 is 0 Å². The number of nitrogens with two attached hydrogens (primary N) is 1. The van der Waals surface area contributed by atoms with Gasteiger partial charge in [0.1, 0.15) is 0 Å². The van der Waals surface area contributed by atoms with Crippen molar-refractivity contribution in [2.75, 3.05) is 10.5 Å². The van der Waals surface area contributed by atoms with Crippen molar-refractivity contribution in [3.05, 3.63) is 66.2 Å². The van der Waals surface area contributed by atoms with Crippen LogP contribution in [0.25, 0.3) is 10.8 Å². The Morgan fingerprint density at radius 3 is 2.43 bits per heavy atom. The summed E-state index contributed by atoms with van der Waals surface area (Å²) in [6, 6.07) is 18.8. The topological polar surface area (TPSA) is 96.0 Å². The van der Waals surface area contributed by atoms with Crippen molar-refractivity contribution in [2.45, 2.75) is 4.90 Å². The van der Waals surface area contributed by atoms with Crippen molar-refractivity contribution >= 4 is 32.2 Å². The summed E-state index contributed by atoms with van der Waals surface area (Å²) >= 11 is 0. The third-order valence-electron chi connectivity index (χ3n) is 3.46. The van der Waals surface area contributed by atoms with Gasteiger partial charge in [-0.05, 0) is 41.1 Å². The van der Waals surface area contributed by atoms with Crippen LogP contribution in [0.2, 0.25) is 0 Å². The van der Waals surface area contributed by atoms with Crippen LogP contribution in [-0.4, -0.2) is 8.42 Å². The molecule has 0 spiro atoms. The fourth-order valence-corrected chi connectivity index (χ4v) is 3.37. The molecule has 23 heavy (non-hydrogen) atoms. The Bertz CT molecular complexity index is 1040. The average molecular weight is 323 g/mol. The number of nitriles is 1. The number of anilines is 2. The first-order valence-corrected chi connectivity index (χ1v) is 8.29. The largest absolute Gasteiger partial charge is 0.397 e. The first-order chi connectivity index (χ1) is 11.0. The predicted molar refractivity (Wildman–Crippen MR) is 90.3 cm³/mol. The Morgan fingerprint density at radius 1 is 0.957 bits per heavy atom. The van der Waals surface area contributed by atoms with Gasteiger partial charge in [0.05, 0.1) is 27.9 Å². The van der Waals surface area contributed by atoms with E-state index in [1.54, 1.807) is 12.1 Å². The molecule has 0 saturated heterocycles. The average Bonchev–Trinajstić information content (AvgIpc) is 2.56. The molecule has 0 aliphatic carbocycles. The molecule has 3 aromatic carbocycles. The van der Waals surface area contributed by atoms with Crippen LogP contribution in [0.5, 0.6) is 0 Å². The van der Waals surface area contributed by atoms with E-state index in [-0.39, 0.29) is 16.3 Å². The van der Waals surface area contributed by atoms with Gasteiger partial charge in [-0.25, -0.2) is 8.42 Å². The molecule has 0 amide bonds. The molecule has 0 fully saturated rings. The second kappa shape index (κ2) is 5.63. The lowest BCUT2D eigenvalue weighted by Gasteiger charge is -2.11. The maximum Gasteiger partial charge on any atom is 0.261 e. The van der Waals surface area contributed by atoms with Crippen LogP contribution < -0.4 is 10.5 Å². The molecule has 5 nitrogen and oxygen atoms in total. The van der Waals surface area contributed by atoms with E-state index in [1.165, 1.54) is 24.3 Å². The molecular weight excluding hydrogens is 310 g/mol. The lowest BCUT2D eigenvalue weighted by molar-refractivity contribution is 0.601. The summed E-state index contributed by atoms with van der Waals surface area (Å²) in [6.07, 6.45) is 0. The molecule has 6 heteroatoms. The number of hydrogen-bond donors (Lipinski definition) is 2. The Hall–Kier alpha value is -3.04. The summed E-state index contributed by atoms with van der Waals surface area (Å²) in [7, 11) is -3.79. The van der Waals surface area contributed by atoms with Crippen LogP contribution in [0.15, 0.2) is 65.6 Å². The maximum absolute atomic E-state index is 12.5. The molecule has 0 aliphatic rings. The number of hydrogen-bond acceptors (Lipinski definition) is 4. The fraction of sp³-hybridized carbons (Fsp3) is 0. The number of nitrogens with one attached hydrogen (secondary N) is 1. The number of nitrogen functional groups attached to an aromatic ring is 1. The number of nitrogens with zero attached hydrogens (tertiary/aromatic N) is 1. The summed E-state index contributed by atoms with van der Waals surface area (Å²) in [4.78, 5) is 0.137. The van der Waals surface area contributed by atoms with Crippen LogP contribution in [0.3, 0.4) is 0 Å². The molecule has 0 aromatic heterocycles. The molecule has 0 saturated carbocycles. The lowest BCUT2D eigenvalue weighted by atomic mass is 10.1. The number of sulfonamides is 1. The van der Waals surface area contributed by atoms with E-state index >= 15 is 0 Å². The van der Waals surface area contributed by atoms with E-state index in [0.29, 0.717) is 5.56 Å². The first-order valence-electron chi connectivity index (χ1n) is 6.81. The van der Waals surface area contributed by atoms with Gasteiger partial charge in [0.15, 0.2) is 0 Å². The molecule has 0 heterocycles. The Balaban J connectivity index is 2.02. The minimum absolute atomic E-state index is 0.137. The highest BCUT2D eigenvalue weighted by Crippen LogP contribution is 2.25. The van der Waals surface area contributed by atoms with E-state index in [1.807, 2.05) is 30.3 Å². The van der Waals surface area contributed by atoms with Crippen molar-refractivity contribution in [1.29, 1.82) is 5.26 Å². The van der Waals surface area contributed by atoms with Gasteiger partial charge in [-0.15, -0.1) is 0 Å². The predicted octanol–water partition coefficient (Wildman–Crippen LogP) is 3.09. The molecule has 0 bridgehead atoms. The monoisotopic (exact) mass is 323 g/mol. The van der Waals surface area contributed by atoms with E-state index in [2.05, 4.69) is 4.72 Å². The SMILES string of the molecule is N#Cc1ccc(N)c(NS(=O)(=O)c2ccc3ccccc3c2)c1. The van der Waals surface area contributed by atoms with E-state index in [9.17, 15) is 8.42 Å². The van der Waals surface area contributed by atoms with Gasteiger partial charge in [0.25, 0.3) is 10.0 Å². The molecule has 0 atom stereocenters. The summed E-state index contributed by atoms with van der Waals surface area (Å²) in [5, 5.41) is 10.7. The van der Waals surface area contributed by atoms with Crippen molar-refractivity contribution in [3.63, 3.8) is 0 Å². The van der Waals surface area contributed by atoms with E-state index < -0.39 is 10.0 Å². The zero-order valence-corrected chi connectivity index (χ0v) is 12.8. The minimum atomic E-state index is -3.79. The zero-order chi connectivity index (χ0) is 16.4. The lowest BCUT2D eigenvalue weighted by Crippen LogP contribution is -2.14. The molecule has 114 valence electrons. The second-order valence-corrected chi connectivity index (χ2v) is 6.71. The van der Waals surface area contributed by atoms with Crippen molar-refractivity contribution in [1.82, 2.24) is 0 Å². The first kappa shape index (κ1) is 14.9. The van der Waals surface area contributed by atoms with Gasteiger partial charge in [0.2, 0.25) is 0 Å². The normalized spacial score (nSPS) is 11.1. The van der Waals surface area contributed by atoms with Crippen LogP contribution in [0.4, 0.5) is 11.4 Å². The van der Waals surface area contributed by atoms with Crippen LogP contribution >= 0.6 is 0 Å². The molecule has 3 rings (SSSR count). The molecule has 3 N–H and O–H groups in total. The van der Waals surface area contributed by atoms with Gasteiger partial charge in [-0.1, -0.05) is 30.3 Å². The molecule has 3 aromatic rings. The number of rotatable bonds is 3. The minimum Gasteiger partial charge on any atom is -0.397 e.